The summed E-state index contributed by atoms with van der Waals surface area (Å²) < 4.78 is 5.52. The first-order valence-electron chi connectivity index (χ1n) is 7.72. The molecule has 2 aliphatic rings. The Morgan fingerprint density at radius 2 is 2.15 bits per heavy atom. The van der Waals surface area contributed by atoms with Crippen LogP contribution in [-0.4, -0.2) is 28.1 Å². The molecule has 4 heteroatoms. The average molecular weight is 277 g/mol. The van der Waals surface area contributed by atoms with Crippen LogP contribution in [0.4, 0.5) is 0 Å². The highest BCUT2D eigenvalue weighted by atomic mass is 16.4. The molecular formula is C16H23NO3. The van der Waals surface area contributed by atoms with E-state index in [4.69, 9.17) is 4.42 Å². The highest BCUT2D eigenvalue weighted by Crippen LogP contribution is 2.42. The van der Waals surface area contributed by atoms with Gasteiger partial charge in [0.2, 0.25) is 0 Å². The summed E-state index contributed by atoms with van der Waals surface area (Å²) in [6.45, 7) is 2.08. The van der Waals surface area contributed by atoms with E-state index in [9.17, 15) is 9.90 Å². The van der Waals surface area contributed by atoms with E-state index in [0.717, 1.165) is 25.0 Å². The SMILES string of the molecule is CC(c1ccco1)N1C(C(=O)O)CCC2CCCCC21. The Bertz CT molecular complexity index is 456. The third-order valence-electron chi connectivity index (χ3n) is 5.11. The number of hydrogen-bond donors (Lipinski definition) is 1. The third kappa shape index (κ3) is 2.37. The summed E-state index contributed by atoms with van der Waals surface area (Å²) in [5, 5.41) is 9.57. The zero-order valence-electron chi connectivity index (χ0n) is 12.0. The van der Waals surface area contributed by atoms with Crippen molar-refractivity contribution in [2.45, 2.75) is 63.6 Å². The van der Waals surface area contributed by atoms with E-state index in [2.05, 4.69) is 11.8 Å². The van der Waals surface area contributed by atoms with Crippen LogP contribution in [0.3, 0.4) is 0 Å². The Morgan fingerprint density at radius 1 is 1.35 bits per heavy atom. The van der Waals surface area contributed by atoms with Crippen molar-refractivity contribution in [3.63, 3.8) is 0 Å². The van der Waals surface area contributed by atoms with Gasteiger partial charge in [0.15, 0.2) is 0 Å². The minimum absolute atomic E-state index is 0.0389. The molecular weight excluding hydrogens is 254 g/mol. The Balaban J connectivity index is 1.89. The second-order valence-electron chi connectivity index (χ2n) is 6.18. The number of carboxylic acids is 1. The maximum absolute atomic E-state index is 11.6. The third-order valence-corrected chi connectivity index (χ3v) is 5.11. The maximum Gasteiger partial charge on any atom is 0.320 e. The smallest absolute Gasteiger partial charge is 0.320 e. The number of furan rings is 1. The van der Waals surface area contributed by atoms with Crippen LogP contribution in [0.25, 0.3) is 0 Å². The van der Waals surface area contributed by atoms with Gasteiger partial charge >= 0.3 is 5.97 Å². The highest BCUT2D eigenvalue weighted by Gasteiger charge is 2.44. The summed E-state index contributed by atoms with van der Waals surface area (Å²) in [4.78, 5) is 13.9. The topological polar surface area (TPSA) is 53.7 Å². The molecule has 4 unspecified atom stereocenters. The second kappa shape index (κ2) is 5.60. The normalized spacial score (nSPS) is 32.5. The lowest BCUT2D eigenvalue weighted by Crippen LogP contribution is -2.55. The standard InChI is InChI=1S/C16H23NO3/c1-11(15-7-4-10-20-15)17-13-6-3-2-5-12(13)8-9-14(17)16(18)19/h4,7,10-14H,2-3,5-6,8-9H2,1H3,(H,18,19). The lowest BCUT2D eigenvalue weighted by atomic mass is 9.75. The Morgan fingerprint density at radius 3 is 2.85 bits per heavy atom. The van der Waals surface area contributed by atoms with Crippen LogP contribution < -0.4 is 0 Å². The molecule has 4 nitrogen and oxygen atoms in total. The van der Waals surface area contributed by atoms with Crippen LogP contribution in [0.2, 0.25) is 0 Å². The van der Waals surface area contributed by atoms with E-state index >= 15 is 0 Å². The average Bonchev–Trinajstić information content (AvgIpc) is 2.99. The molecule has 1 aliphatic carbocycles. The first kappa shape index (κ1) is 13.7. The summed E-state index contributed by atoms with van der Waals surface area (Å²) in [5.41, 5.74) is 0. The molecule has 2 heterocycles. The molecule has 0 spiro atoms. The summed E-state index contributed by atoms with van der Waals surface area (Å²) >= 11 is 0. The van der Waals surface area contributed by atoms with Crippen LogP contribution in [-0.2, 0) is 4.79 Å². The molecule has 1 saturated heterocycles. The van der Waals surface area contributed by atoms with Crippen LogP contribution in [0, 0.1) is 5.92 Å². The molecule has 0 aromatic carbocycles. The number of carbonyl (C=O) groups is 1. The predicted octanol–water partition coefficient (Wildman–Crippen LogP) is 3.45. The van der Waals surface area contributed by atoms with Crippen molar-refractivity contribution in [3.8, 4) is 0 Å². The van der Waals surface area contributed by atoms with Crippen molar-refractivity contribution < 1.29 is 14.3 Å². The summed E-state index contributed by atoms with van der Waals surface area (Å²) in [5.74, 6) is 0.853. The van der Waals surface area contributed by atoms with Gasteiger partial charge in [-0.2, -0.15) is 0 Å². The maximum atomic E-state index is 11.6. The van der Waals surface area contributed by atoms with E-state index in [1.807, 2.05) is 12.1 Å². The van der Waals surface area contributed by atoms with Gasteiger partial charge in [-0.05, 0) is 50.7 Å². The molecule has 0 amide bonds. The number of rotatable bonds is 3. The zero-order chi connectivity index (χ0) is 14.1. The largest absolute Gasteiger partial charge is 0.480 e. The molecule has 4 atom stereocenters. The number of carboxylic acid groups (broad SMARTS) is 1. The molecule has 1 aliphatic heterocycles. The first-order valence-corrected chi connectivity index (χ1v) is 7.72. The van der Waals surface area contributed by atoms with E-state index in [-0.39, 0.29) is 12.1 Å². The molecule has 2 fully saturated rings. The predicted molar refractivity (Wildman–Crippen MR) is 75.4 cm³/mol. The quantitative estimate of drug-likeness (QED) is 0.919. The molecule has 0 bridgehead atoms. The molecule has 20 heavy (non-hydrogen) atoms. The zero-order valence-corrected chi connectivity index (χ0v) is 12.0. The lowest BCUT2D eigenvalue weighted by molar-refractivity contribution is -0.150. The Labute approximate surface area is 119 Å². The van der Waals surface area contributed by atoms with Gasteiger partial charge in [0.25, 0.3) is 0 Å². The highest BCUT2D eigenvalue weighted by molar-refractivity contribution is 5.73. The van der Waals surface area contributed by atoms with Gasteiger partial charge in [0.1, 0.15) is 11.8 Å². The molecule has 1 aromatic heterocycles. The van der Waals surface area contributed by atoms with Gasteiger partial charge in [-0.25, -0.2) is 0 Å². The molecule has 110 valence electrons. The van der Waals surface area contributed by atoms with Crippen molar-refractivity contribution in [3.05, 3.63) is 24.2 Å². The Hall–Kier alpha value is -1.29. The van der Waals surface area contributed by atoms with Crippen molar-refractivity contribution >= 4 is 5.97 Å². The molecule has 3 rings (SSSR count). The van der Waals surface area contributed by atoms with E-state index in [0.29, 0.717) is 12.0 Å². The number of hydrogen-bond acceptors (Lipinski definition) is 3. The van der Waals surface area contributed by atoms with Gasteiger partial charge in [0.05, 0.1) is 12.3 Å². The molecule has 1 N–H and O–H groups in total. The fourth-order valence-corrected chi connectivity index (χ4v) is 4.15. The molecule has 0 radical (unpaired) electrons. The number of piperidine rings is 1. The van der Waals surface area contributed by atoms with Gasteiger partial charge < -0.3 is 9.52 Å². The van der Waals surface area contributed by atoms with Crippen molar-refractivity contribution in [1.29, 1.82) is 0 Å². The minimum atomic E-state index is -0.688. The van der Waals surface area contributed by atoms with Gasteiger partial charge in [-0.1, -0.05) is 12.8 Å². The number of aliphatic carboxylic acids is 1. The summed E-state index contributed by atoms with van der Waals surface area (Å²) in [6.07, 6.45) is 8.38. The van der Waals surface area contributed by atoms with Gasteiger partial charge in [-0.3, -0.25) is 9.69 Å². The molecule has 1 aromatic rings. The van der Waals surface area contributed by atoms with Gasteiger partial charge in [-0.15, -0.1) is 0 Å². The number of fused-ring (bicyclic) bond motifs is 1. The van der Waals surface area contributed by atoms with Crippen LogP contribution in [0.1, 0.15) is 57.3 Å². The van der Waals surface area contributed by atoms with Crippen molar-refractivity contribution in [2.24, 2.45) is 5.92 Å². The number of nitrogens with zero attached hydrogens (tertiary/aromatic N) is 1. The fourth-order valence-electron chi connectivity index (χ4n) is 4.15. The van der Waals surface area contributed by atoms with E-state index in [1.165, 1.54) is 19.3 Å². The minimum Gasteiger partial charge on any atom is -0.480 e. The Kier molecular flexibility index (Phi) is 3.83. The summed E-state index contributed by atoms with van der Waals surface area (Å²) in [6, 6.07) is 3.91. The lowest BCUT2D eigenvalue weighted by Gasteiger charge is -2.49. The molecule has 1 saturated carbocycles. The summed E-state index contributed by atoms with van der Waals surface area (Å²) in [7, 11) is 0. The van der Waals surface area contributed by atoms with Crippen LogP contribution in [0.5, 0.6) is 0 Å². The fraction of sp³-hybridized carbons (Fsp3) is 0.688. The van der Waals surface area contributed by atoms with Crippen molar-refractivity contribution in [2.75, 3.05) is 0 Å². The first-order chi connectivity index (χ1) is 9.68. The van der Waals surface area contributed by atoms with E-state index < -0.39 is 5.97 Å². The van der Waals surface area contributed by atoms with E-state index in [1.54, 1.807) is 6.26 Å². The van der Waals surface area contributed by atoms with Crippen LogP contribution >= 0.6 is 0 Å². The van der Waals surface area contributed by atoms with Crippen molar-refractivity contribution in [1.82, 2.24) is 4.90 Å². The monoisotopic (exact) mass is 277 g/mol. The van der Waals surface area contributed by atoms with Crippen LogP contribution in [0.15, 0.2) is 22.8 Å². The number of likely N-dealkylation sites (tertiary alicyclic amines) is 1. The second-order valence-corrected chi connectivity index (χ2v) is 6.18. The van der Waals surface area contributed by atoms with Gasteiger partial charge in [0, 0.05) is 6.04 Å².